The van der Waals surface area contributed by atoms with Gasteiger partial charge in [0.15, 0.2) is 0 Å². The fraction of sp³-hybridized carbons (Fsp3) is 0.765. The van der Waals surface area contributed by atoms with E-state index in [9.17, 15) is 9.90 Å². The maximum Gasteiger partial charge on any atom is 0.410 e. The van der Waals surface area contributed by atoms with Gasteiger partial charge in [-0.05, 0) is 48.1 Å². The van der Waals surface area contributed by atoms with Crippen molar-refractivity contribution in [3.63, 3.8) is 0 Å². The van der Waals surface area contributed by atoms with Gasteiger partial charge in [0.1, 0.15) is 5.60 Å². The third kappa shape index (κ3) is 4.91. The number of thiazole rings is 1. The zero-order chi connectivity index (χ0) is 18.1. The molecule has 2 heterocycles. The molecule has 1 saturated heterocycles. The van der Waals surface area contributed by atoms with Gasteiger partial charge in [-0.1, -0.05) is 0 Å². The Morgan fingerprint density at radius 2 is 2.25 bits per heavy atom. The number of ether oxygens (including phenoxy) is 1. The first-order chi connectivity index (χ1) is 11.0. The van der Waals surface area contributed by atoms with Gasteiger partial charge < -0.3 is 14.7 Å². The second kappa shape index (κ2) is 6.98. The molecular weight excluding hydrogens is 326 g/mol. The Kier molecular flexibility index (Phi) is 5.57. The van der Waals surface area contributed by atoms with Crippen LogP contribution in [0.5, 0.6) is 0 Å². The average molecular weight is 356 g/mol. The van der Waals surface area contributed by atoms with Crippen LogP contribution >= 0.6 is 11.3 Å². The zero-order valence-electron chi connectivity index (χ0n) is 15.5. The Morgan fingerprint density at radius 3 is 2.79 bits per heavy atom. The summed E-state index contributed by atoms with van der Waals surface area (Å²) in [5, 5.41) is 11.8. The molecule has 0 spiro atoms. The number of hydrogen-bond acceptors (Lipinski definition) is 6. The van der Waals surface area contributed by atoms with Gasteiger partial charge >= 0.3 is 6.09 Å². The van der Waals surface area contributed by atoms with Gasteiger partial charge in [-0.15, -0.1) is 11.3 Å². The van der Waals surface area contributed by atoms with Crippen LogP contribution in [0.15, 0.2) is 6.20 Å². The Morgan fingerprint density at radius 1 is 1.58 bits per heavy atom. The summed E-state index contributed by atoms with van der Waals surface area (Å²) in [5.41, 5.74) is -1.36. The summed E-state index contributed by atoms with van der Waals surface area (Å²) in [4.78, 5) is 21.6. The molecule has 1 aromatic rings. The van der Waals surface area contributed by atoms with E-state index in [-0.39, 0.29) is 12.1 Å². The van der Waals surface area contributed by atoms with E-state index in [1.54, 1.807) is 16.2 Å². The summed E-state index contributed by atoms with van der Waals surface area (Å²) in [5.74, 6) is 0. The number of aromatic nitrogens is 1. The monoisotopic (exact) mass is 355 g/mol. The van der Waals surface area contributed by atoms with Gasteiger partial charge in [0, 0.05) is 30.7 Å². The lowest BCUT2D eigenvalue weighted by Gasteiger charge is -2.46. The number of carbonyl (C=O) groups excluding carboxylic acids is 1. The SMILES string of the molecule is Cc1ncc(CN(C)C2CN(C(=O)OC(C)(C)C)CCC2(C)O)s1. The molecule has 1 fully saturated rings. The lowest BCUT2D eigenvalue weighted by Crippen LogP contribution is -2.61. The first-order valence-corrected chi connectivity index (χ1v) is 9.11. The van der Waals surface area contributed by atoms with Gasteiger partial charge in [0.25, 0.3) is 0 Å². The van der Waals surface area contributed by atoms with Crippen molar-refractivity contribution in [1.29, 1.82) is 0 Å². The summed E-state index contributed by atoms with van der Waals surface area (Å²) < 4.78 is 5.47. The van der Waals surface area contributed by atoms with Gasteiger partial charge in [-0.3, -0.25) is 4.90 Å². The van der Waals surface area contributed by atoms with Crippen molar-refractivity contribution in [3.05, 3.63) is 16.1 Å². The summed E-state index contributed by atoms with van der Waals surface area (Å²) in [6.45, 7) is 11.1. The largest absolute Gasteiger partial charge is 0.444 e. The van der Waals surface area contributed by atoms with Crippen molar-refractivity contribution < 1.29 is 14.6 Å². The second-order valence-corrected chi connectivity index (χ2v) is 9.13. The highest BCUT2D eigenvalue weighted by Gasteiger charge is 2.42. The quantitative estimate of drug-likeness (QED) is 0.903. The Labute approximate surface area is 148 Å². The minimum absolute atomic E-state index is 0.152. The molecule has 0 aliphatic carbocycles. The van der Waals surface area contributed by atoms with E-state index in [0.29, 0.717) is 26.1 Å². The number of rotatable bonds is 3. The molecule has 2 atom stereocenters. The summed E-state index contributed by atoms with van der Waals surface area (Å²) in [6, 6.07) is -0.152. The molecule has 7 heteroatoms. The molecule has 0 bridgehead atoms. The number of likely N-dealkylation sites (tertiary alicyclic amines) is 1. The number of likely N-dealkylation sites (N-methyl/N-ethyl adjacent to an activating group) is 1. The number of aryl methyl sites for hydroxylation is 1. The van der Waals surface area contributed by atoms with E-state index in [1.807, 2.05) is 47.9 Å². The van der Waals surface area contributed by atoms with Gasteiger partial charge in [0.05, 0.1) is 16.7 Å². The number of amides is 1. The lowest BCUT2D eigenvalue weighted by atomic mass is 9.87. The molecule has 1 aromatic heterocycles. The molecule has 0 radical (unpaired) electrons. The minimum atomic E-state index is -0.840. The van der Waals surface area contributed by atoms with E-state index in [1.165, 1.54) is 0 Å². The van der Waals surface area contributed by atoms with E-state index in [2.05, 4.69) is 9.88 Å². The van der Waals surface area contributed by atoms with E-state index in [0.717, 1.165) is 9.88 Å². The number of nitrogens with zero attached hydrogens (tertiary/aromatic N) is 3. The van der Waals surface area contributed by atoms with Gasteiger partial charge in [-0.25, -0.2) is 9.78 Å². The van der Waals surface area contributed by atoms with Gasteiger partial charge in [0.2, 0.25) is 0 Å². The zero-order valence-corrected chi connectivity index (χ0v) is 16.3. The van der Waals surface area contributed by atoms with Crippen LogP contribution < -0.4 is 0 Å². The third-order valence-electron chi connectivity index (χ3n) is 4.26. The molecule has 6 nitrogen and oxygen atoms in total. The lowest BCUT2D eigenvalue weighted by molar-refractivity contribution is -0.0785. The Balaban J connectivity index is 2.06. The molecule has 1 aliphatic heterocycles. The van der Waals surface area contributed by atoms with Crippen molar-refractivity contribution >= 4 is 17.4 Å². The van der Waals surface area contributed by atoms with Crippen molar-refractivity contribution in [2.75, 3.05) is 20.1 Å². The second-order valence-electron chi connectivity index (χ2n) is 7.81. The highest BCUT2D eigenvalue weighted by molar-refractivity contribution is 7.11. The predicted octanol–water partition coefficient (Wildman–Crippen LogP) is 2.64. The smallest absolute Gasteiger partial charge is 0.410 e. The van der Waals surface area contributed by atoms with Crippen molar-refractivity contribution in [2.24, 2.45) is 0 Å². The highest BCUT2D eigenvalue weighted by Crippen LogP contribution is 2.28. The topological polar surface area (TPSA) is 65.9 Å². The first-order valence-electron chi connectivity index (χ1n) is 8.30. The van der Waals surface area contributed by atoms with Crippen molar-refractivity contribution in [2.45, 2.75) is 64.8 Å². The van der Waals surface area contributed by atoms with E-state index in [4.69, 9.17) is 4.74 Å². The fourth-order valence-electron chi connectivity index (χ4n) is 2.97. The molecular formula is C17H29N3O3S. The summed E-state index contributed by atoms with van der Waals surface area (Å²) in [6.07, 6.45) is 2.09. The molecule has 1 aliphatic rings. The Hall–Kier alpha value is -1.18. The number of carbonyl (C=O) groups is 1. The summed E-state index contributed by atoms with van der Waals surface area (Å²) in [7, 11) is 1.98. The molecule has 136 valence electrons. The van der Waals surface area contributed by atoms with Crippen LogP contribution in [0.1, 0.15) is 44.0 Å². The maximum atomic E-state index is 12.4. The Bertz CT molecular complexity index is 580. The van der Waals surface area contributed by atoms with Crippen LogP contribution in [0.4, 0.5) is 4.79 Å². The van der Waals surface area contributed by atoms with Gasteiger partial charge in [-0.2, -0.15) is 0 Å². The minimum Gasteiger partial charge on any atom is -0.444 e. The number of hydrogen-bond donors (Lipinski definition) is 1. The number of aliphatic hydroxyl groups is 1. The maximum absolute atomic E-state index is 12.4. The molecule has 0 aromatic carbocycles. The molecule has 0 saturated carbocycles. The highest BCUT2D eigenvalue weighted by atomic mass is 32.1. The van der Waals surface area contributed by atoms with E-state index < -0.39 is 11.2 Å². The number of piperidine rings is 1. The average Bonchev–Trinajstić information content (AvgIpc) is 2.81. The van der Waals surface area contributed by atoms with Crippen molar-refractivity contribution in [1.82, 2.24) is 14.8 Å². The van der Waals surface area contributed by atoms with Crippen LogP contribution in [0.2, 0.25) is 0 Å². The molecule has 2 unspecified atom stereocenters. The molecule has 24 heavy (non-hydrogen) atoms. The summed E-state index contributed by atoms with van der Waals surface area (Å²) >= 11 is 1.66. The standard InChI is InChI=1S/C17H29N3O3S/c1-12-18-9-13(24-12)10-19(6)14-11-20(8-7-17(14,5)22)15(21)23-16(2,3)4/h9,14,22H,7-8,10-11H2,1-6H3. The van der Waals surface area contributed by atoms with Crippen LogP contribution in [0.25, 0.3) is 0 Å². The van der Waals surface area contributed by atoms with E-state index >= 15 is 0 Å². The van der Waals surface area contributed by atoms with Crippen LogP contribution in [0, 0.1) is 6.92 Å². The predicted molar refractivity (Wildman–Crippen MR) is 95.2 cm³/mol. The van der Waals surface area contributed by atoms with Crippen molar-refractivity contribution in [3.8, 4) is 0 Å². The molecule has 2 rings (SSSR count). The normalized spacial score (nSPS) is 25.2. The third-order valence-corrected chi connectivity index (χ3v) is 5.15. The molecule has 1 amide bonds. The first kappa shape index (κ1) is 19.1. The fourth-order valence-corrected chi connectivity index (χ4v) is 3.82. The van der Waals surface area contributed by atoms with Crippen LogP contribution in [0.3, 0.4) is 0 Å². The van der Waals surface area contributed by atoms with Crippen LogP contribution in [-0.4, -0.2) is 63.4 Å². The van der Waals surface area contributed by atoms with Crippen LogP contribution in [-0.2, 0) is 11.3 Å². The molecule has 1 N–H and O–H groups in total.